The van der Waals surface area contributed by atoms with Crippen molar-refractivity contribution in [3.05, 3.63) is 24.3 Å². The molecule has 1 aliphatic rings. The van der Waals surface area contributed by atoms with Gasteiger partial charge in [0.15, 0.2) is 6.10 Å². The third-order valence-electron chi connectivity index (χ3n) is 3.16. The number of aliphatic hydroxyl groups excluding tert-OH is 1. The largest absolute Gasteiger partial charge is 0.459 e. The fourth-order valence-corrected chi connectivity index (χ4v) is 2.05. The molecule has 7 heteroatoms. The van der Waals surface area contributed by atoms with Crippen LogP contribution in [0.2, 0.25) is 0 Å². The van der Waals surface area contributed by atoms with Crippen LogP contribution in [0.4, 0.5) is 0 Å². The molecule has 1 rings (SSSR count). The van der Waals surface area contributed by atoms with Gasteiger partial charge in [0.1, 0.15) is 18.3 Å². The average Bonchev–Trinajstić information content (AvgIpc) is 2.46. The molecule has 128 valence electrons. The van der Waals surface area contributed by atoms with Crippen LogP contribution in [-0.2, 0) is 28.6 Å². The van der Waals surface area contributed by atoms with Crippen LogP contribution in [0.3, 0.4) is 0 Å². The van der Waals surface area contributed by atoms with Crippen LogP contribution in [0.15, 0.2) is 24.3 Å². The van der Waals surface area contributed by atoms with E-state index in [1.807, 2.05) is 0 Å². The molecule has 0 bridgehead atoms. The van der Waals surface area contributed by atoms with Gasteiger partial charge in [-0.05, 0) is 26.3 Å². The SMILES string of the molecule is C/C=C/C(=O)O[C@@H]1/C=C\[C@H](O)[C@H](OC(C)=O)CCC(=O)O[C@@H]1C. The fraction of sp³-hybridized carbons (Fsp3) is 0.562. The molecule has 0 fully saturated rings. The van der Waals surface area contributed by atoms with Gasteiger partial charge in [0, 0.05) is 19.4 Å². The second kappa shape index (κ2) is 9.09. The van der Waals surface area contributed by atoms with Crippen molar-refractivity contribution in [3.8, 4) is 0 Å². The van der Waals surface area contributed by atoms with Crippen molar-refractivity contribution in [1.82, 2.24) is 0 Å². The Morgan fingerprint density at radius 2 is 2.04 bits per heavy atom. The van der Waals surface area contributed by atoms with E-state index in [9.17, 15) is 19.5 Å². The lowest BCUT2D eigenvalue weighted by Crippen LogP contribution is -2.35. The molecule has 23 heavy (non-hydrogen) atoms. The first-order chi connectivity index (χ1) is 10.8. The first kappa shape index (κ1) is 18.9. The van der Waals surface area contributed by atoms with E-state index in [4.69, 9.17) is 14.2 Å². The molecule has 0 saturated heterocycles. The number of hydrogen-bond acceptors (Lipinski definition) is 7. The Kier molecular flexibility index (Phi) is 7.47. The predicted octanol–water partition coefficient (Wildman–Crippen LogP) is 1.05. The van der Waals surface area contributed by atoms with E-state index in [-0.39, 0.29) is 12.8 Å². The lowest BCUT2D eigenvalue weighted by atomic mass is 10.0. The lowest BCUT2D eigenvalue weighted by molar-refractivity contribution is -0.163. The number of hydrogen-bond donors (Lipinski definition) is 1. The number of allylic oxidation sites excluding steroid dienone is 1. The van der Waals surface area contributed by atoms with Gasteiger partial charge in [0.25, 0.3) is 0 Å². The van der Waals surface area contributed by atoms with Gasteiger partial charge in [-0.25, -0.2) is 4.79 Å². The lowest BCUT2D eigenvalue weighted by Gasteiger charge is -2.25. The van der Waals surface area contributed by atoms with Gasteiger partial charge in [0.2, 0.25) is 0 Å². The maximum absolute atomic E-state index is 11.8. The van der Waals surface area contributed by atoms with E-state index in [0.29, 0.717) is 0 Å². The summed E-state index contributed by atoms with van der Waals surface area (Å²) < 4.78 is 15.4. The minimum atomic E-state index is -1.11. The van der Waals surface area contributed by atoms with Crippen LogP contribution in [0.1, 0.15) is 33.6 Å². The van der Waals surface area contributed by atoms with Gasteiger partial charge in [-0.15, -0.1) is 0 Å². The summed E-state index contributed by atoms with van der Waals surface area (Å²) in [5.74, 6) is -1.67. The highest BCUT2D eigenvalue weighted by molar-refractivity contribution is 5.82. The summed E-state index contributed by atoms with van der Waals surface area (Å²) in [6.45, 7) is 4.48. The Morgan fingerprint density at radius 1 is 1.35 bits per heavy atom. The maximum Gasteiger partial charge on any atom is 0.331 e. The number of aliphatic hydroxyl groups is 1. The van der Waals surface area contributed by atoms with E-state index in [1.165, 1.54) is 31.2 Å². The van der Waals surface area contributed by atoms with Crippen molar-refractivity contribution in [3.63, 3.8) is 0 Å². The Morgan fingerprint density at radius 3 is 2.65 bits per heavy atom. The van der Waals surface area contributed by atoms with Crippen LogP contribution in [0, 0.1) is 0 Å². The summed E-state index contributed by atoms with van der Waals surface area (Å²) >= 11 is 0. The molecule has 0 aromatic heterocycles. The topological polar surface area (TPSA) is 99.1 Å². The molecule has 1 aliphatic heterocycles. The molecule has 4 atom stereocenters. The van der Waals surface area contributed by atoms with Gasteiger partial charge in [-0.3, -0.25) is 9.59 Å². The molecule has 0 radical (unpaired) electrons. The third-order valence-corrected chi connectivity index (χ3v) is 3.16. The number of carbonyl (C=O) groups excluding carboxylic acids is 3. The Bertz CT molecular complexity index is 495. The zero-order valence-electron chi connectivity index (χ0n) is 13.4. The molecule has 1 heterocycles. The Labute approximate surface area is 134 Å². The van der Waals surface area contributed by atoms with E-state index in [0.717, 1.165) is 0 Å². The third kappa shape index (κ3) is 6.65. The summed E-state index contributed by atoms with van der Waals surface area (Å²) in [7, 11) is 0. The molecular formula is C16H22O7. The predicted molar refractivity (Wildman–Crippen MR) is 80.2 cm³/mol. The van der Waals surface area contributed by atoms with Crippen LogP contribution in [-0.4, -0.2) is 47.4 Å². The molecule has 0 amide bonds. The fourth-order valence-electron chi connectivity index (χ4n) is 2.05. The molecule has 0 aromatic rings. The van der Waals surface area contributed by atoms with Crippen molar-refractivity contribution in [1.29, 1.82) is 0 Å². The van der Waals surface area contributed by atoms with Crippen LogP contribution >= 0.6 is 0 Å². The van der Waals surface area contributed by atoms with Crippen molar-refractivity contribution in [2.24, 2.45) is 0 Å². The van der Waals surface area contributed by atoms with Crippen LogP contribution in [0.25, 0.3) is 0 Å². The standard InChI is InChI=1S/C16H22O7/c1-4-5-15(19)23-13-7-6-12(18)14(22-11(3)17)8-9-16(20)21-10(13)2/h4-7,10,12-14,18H,8-9H2,1-3H3/b5-4+,7-6-/t10-,12+,13-,14-/m1/s1. The zero-order valence-corrected chi connectivity index (χ0v) is 13.4. The molecule has 0 aliphatic carbocycles. The van der Waals surface area contributed by atoms with Gasteiger partial charge in [-0.2, -0.15) is 0 Å². The van der Waals surface area contributed by atoms with Crippen molar-refractivity contribution in [2.45, 2.75) is 58.0 Å². The normalized spacial score (nSPS) is 30.3. The molecule has 0 saturated carbocycles. The first-order valence-corrected chi connectivity index (χ1v) is 7.40. The van der Waals surface area contributed by atoms with E-state index < -0.39 is 42.3 Å². The quantitative estimate of drug-likeness (QED) is 0.358. The number of cyclic esters (lactones) is 1. The molecule has 0 unspecified atom stereocenters. The monoisotopic (exact) mass is 326 g/mol. The van der Waals surface area contributed by atoms with E-state index in [1.54, 1.807) is 13.8 Å². The average molecular weight is 326 g/mol. The molecule has 7 nitrogen and oxygen atoms in total. The summed E-state index contributed by atoms with van der Waals surface area (Å²) in [4.78, 5) is 34.4. The minimum Gasteiger partial charge on any atom is -0.459 e. The molecule has 1 N–H and O–H groups in total. The maximum atomic E-state index is 11.8. The van der Waals surface area contributed by atoms with E-state index in [2.05, 4.69) is 0 Å². The van der Waals surface area contributed by atoms with Crippen molar-refractivity contribution >= 4 is 17.9 Å². The number of esters is 3. The van der Waals surface area contributed by atoms with Gasteiger partial charge in [-0.1, -0.05) is 12.2 Å². The summed E-state index contributed by atoms with van der Waals surface area (Å²) in [5.41, 5.74) is 0. The van der Waals surface area contributed by atoms with E-state index >= 15 is 0 Å². The highest BCUT2D eigenvalue weighted by Gasteiger charge is 2.27. The number of carbonyl (C=O) groups is 3. The summed E-state index contributed by atoms with van der Waals surface area (Å²) in [6.07, 6.45) is 2.13. The highest BCUT2D eigenvalue weighted by atomic mass is 16.6. The summed E-state index contributed by atoms with van der Waals surface area (Å²) in [5, 5.41) is 10.1. The molecular weight excluding hydrogens is 304 g/mol. The van der Waals surface area contributed by atoms with Gasteiger partial charge < -0.3 is 19.3 Å². The van der Waals surface area contributed by atoms with Gasteiger partial charge in [0.05, 0.1) is 0 Å². The van der Waals surface area contributed by atoms with Gasteiger partial charge >= 0.3 is 17.9 Å². The Hall–Kier alpha value is -2.15. The smallest absolute Gasteiger partial charge is 0.331 e. The summed E-state index contributed by atoms with van der Waals surface area (Å²) in [6, 6.07) is 0. The second-order valence-corrected chi connectivity index (χ2v) is 5.16. The van der Waals surface area contributed by atoms with Crippen LogP contribution in [0.5, 0.6) is 0 Å². The highest BCUT2D eigenvalue weighted by Crippen LogP contribution is 2.16. The molecule has 0 aromatic carbocycles. The zero-order chi connectivity index (χ0) is 17.4. The minimum absolute atomic E-state index is 0.0251. The number of ether oxygens (including phenoxy) is 3. The van der Waals surface area contributed by atoms with Crippen molar-refractivity contribution < 1.29 is 33.7 Å². The second-order valence-electron chi connectivity index (χ2n) is 5.16. The number of rotatable bonds is 3. The molecule has 0 spiro atoms. The Balaban J connectivity index is 2.93. The van der Waals surface area contributed by atoms with Crippen LogP contribution < -0.4 is 0 Å². The first-order valence-electron chi connectivity index (χ1n) is 7.40. The van der Waals surface area contributed by atoms with Crippen molar-refractivity contribution in [2.75, 3.05) is 0 Å².